The zero-order valence-electron chi connectivity index (χ0n) is 13.8. The van der Waals surface area contributed by atoms with Gasteiger partial charge in [-0.25, -0.2) is 0 Å². The van der Waals surface area contributed by atoms with Crippen LogP contribution in [0.3, 0.4) is 0 Å². The number of hydrogen-bond acceptors (Lipinski definition) is 8. The molecule has 140 valence electrons. The van der Waals surface area contributed by atoms with Gasteiger partial charge in [0.2, 0.25) is 6.79 Å². The first kappa shape index (κ1) is 18.4. The second-order valence-electron chi connectivity index (χ2n) is 6.21. The summed E-state index contributed by atoms with van der Waals surface area (Å²) in [6.45, 7) is 0.119. The van der Waals surface area contributed by atoms with E-state index in [1.165, 1.54) is 0 Å². The quantitative estimate of drug-likeness (QED) is 0.486. The van der Waals surface area contributed by atoms with Gasteiger partial charge in [0.05, 0.1) is 6.61 Å². The number of aliphatic hydroxyl groups excluding tert-OH is 4. The largest absolute Gasteiger partial charge is 0.454 e. The van der Waals surface area contributed by atoms with Crippen molar-refractivity contribution in [3.05, 3.63) is 23.8 Å². The SMILES string of the molecule is OCC1OC(OCCCCc2ccc3c(c2)OCO3)C(O)C(O)C1O. The molecule has 1 aromatic carbocycles. The molecule has 2 aliphatic heterocycles. The van der Waals surface area contributed by atoms with Crippen LogP contribution in [0.1, 0.15) is 18.4 Å². The smallest absolute Gasteiger partial charge is 0.231 e. The molecule has 5 unspecified atom stereocenters. The molecule has 0 aliphatic carbocycles. The van der Waals surface area contributed by atoms with E-state index in [1.54, 1.807) is 0 Å². The van der Waals surface area contributed by atoms with Crippen LogP contribution in [0, 0.1) is 0 Å². The van der Waals surface area contributed by atoms with Crippen LogP contribution in [-0.4, -0.2) is 71.1 Å². The maximum absolute atomic E-state index is 9.88. The zero-order chi connectivity index (χ0) is 17.8. The highest BCUT2D eigenvalue weighted by atomic mass is 16.7. The molecule has 4 N–H and O–H groups in total. The summed E-state index contributed by atoms with van der Waals surface area (Å²) in [7, 11) is 0. The van der Waals surface area contributed by atoms with Crippen molar-refractivity contribution in [2.75, 3.05) is 20.0 Å². The van der Waals surface area contributed by atoms with Crippen LogP contribution in [-0.2, 0) is 15.9 Å². The molecule has 0 bridgehead atoms. The van der Waals surface area contributed by atoms with Crippen LogP contribution < -0.4 is 9.47 Å². The topological polar surface area (TPSA) is 118 Å². The summed E-state index contributed by atoms with van der Waals surface area (Å²) in [5.41, 5.74) is 1.14. The maximum Gasteiger partial charge on any atom is 0.231 e. The molecule has 25 heavy (non-hydrogen) atoms. The molecule has 0 amide bonds. The Hall–Kier alpha value is -1.42. The van der Waals surface area contributed by atoms with Gasteiger partial charge < -0.3 is 39.4 Å². The van der Waals surface area contributed by atoms with Crippen molar-refractivity contribution in [2.45, 2.75) is 50.0 Å². The summed E-state index contributed by atoms with van der Waals surface area (Å²) >= 11 is 0. The molecule has 1 saturated heterocycles. The second-order valence-corrected chi connectivity index (χ2v) is 6.21. The minimum atomic E-state index is -1.41. The van der Waals surface area contributed by atoms with Crippen LogP contribution in [0.5, 0.6) is 11.5 Å². The lowest BCUT2D eigenvalue weighted by Gasteiger charge is -2.39. The lowest BCUT2D eigenvalue weighted by molar-refractivity contribution is -0.301. The second kappa shape index (κ2) is 8.31. The molecule has 3 rings (SSSR count). The van der Waals surface area contributed by atoms with Gasteiger partial charge in [-0.05, 0) is 37.0 Å². The third kappa shape index (κ3) is 4.22. The van der Waals surface area contributed by atoms with E-state index in [1.807, 2.05) is 18.2 Å². The van der Waals surface area contributed by atoms with Crippen molar-refractivity contribution in [1.82, 2.24) is 0 Å². The van der Waals surface area contributed by atoms with Gasteiger partial charge in [-0.1, -0.05) is 6.07 Å². The van der Waals surface area contributed by atoms with Gasteiger partial charge in [-0.15, -0.1) is 0 Å². The number of aliphatic hydroxyl groups is 4. The summed E-state index contributed by atoms with van der Waals surface area (Å²) in [5.74, 6) is 1.52. The third-order valence-electron chi connectivity index (χ3n) is 4.43. The molecule has 0 aromatic heterocycles. The molecule has 0 radical (unpaired) electrons. The fraction of sp³-hybridized carbons (Fsp3) is 0.647. The first-order valence-electron chi connectivity index (χ1n) is 8.41. The molecule has 8 heteroatoms. The normalized spacial score (nSPS) is 31.3. The molecule has 2 heterocycles. The first-order valence-corrected chi connectivity index (χ1v) is 8.41. The molecular weight excluding hydrogens is 332 g/mol. The predicted octanol–water partition coefficient (Wildman–Crippen LogP) is -0.446. The van der Waals surface area contributed by atoms with Gasteiger partial charge in [-0.3, -0.25) is 0 Å². The lowest BCUT2D eigenvalue weighted by Crippen LogP contribution is -2.59. The van der Waals surface area contributed by atoms with E-state index in [9.17, 15) is 15.3 Å². The predicted molar refractivity (Wildman–Crippen MR) is 85.2 cm³/mol. The Morgan fingerprint density at radius 3 is 2.60 bits per heavy atom. The highest BCUT2D eigenvalue weighted by Crippen LogP contribution is 2.32. The number of ether oxygens (including phenoxy) is 4. The minimum Gasteiger partial charge on any atom is -0.454 e. The van der Waals surface area contributed by atoms with E-state index in [0.29, 0.717) is 6.61 Å². The van der Waals surface area contributed by atoms with E-state index in [0.717, 1.165) is 36.3 Å². The maximum atomic E-state index is 9.88. The van der Waals surface area contributed by atoms with E-state index >= 15 is 0 Å². The summed E-state index contributed by atoms with van der Waals surface area (Å²) in [6, 6.07) is 5.84. The van der Waals surface area contributed by atoms with Crippen LogP contribution in [0.2, 0.25) is 0 Å². The number of benzene rings is 1. The van der Waals surface area contributed by atoms with Gasteiger partial charge >= 0.3 is 0 Å². The molecule has 0 spiro atoms. The number of aryl methyl sites for hydroxylation is 1. The molecule has 8 nitrogen and oxygen atoms in total. The van der Waals surface area contributed by atoms with Crippen molar-refractivity contribution in [3.63, 3.8) is 0 Å². The lowest BCUT2D eigenvalue weighted by atomic mass is 9.99. The van der Waals surface area contributed by atoms with E-state index < -0.39 is 37.3 Å². The highest BCUT2D eigenvalue weighted by molar-refractivity contribution is 5.44. The molecule has 1 fully saturated rings. The van der Waals surface area contributed by atoms with Crippen molar-refractivity contribution in [3.8, 4) is 11.5 Å². The number of hydrogen-bond donors (Lipinski definition) is 4. The summed E-state index contributed by atoms with van der Waals surface area (Å²) < 4.78 is 21.4. The average molecular weight is 356 g/mol. The third-order valence-corrected chi connectivity index (χ3v) is 4.43. The van der Waals surface area contributed by atoms with Gasteiger partial charge in [0, 0.05) is 6.61 Å². The summed E-state index contributed by atoms with van der Waals surface area (Å²) in [4.78, 5) is 0. The monoisotopic (exact) mass is 356 g/mol. The fourth-order valence-corrected chi connectivity index (χ4v) is 2.93. The summed E-state index contributed by atoms with van der Waals surface area (Å²) in [5, 5.41) is 38.4. The van der Waals surface area contributed by atoms with Crippen LogP contribution in [0.4, 0.5) is 0 Å². The number of fused-ring (bicyclic) bond motifs is 1. The Bertz CT molecular complexity index is 564. The van der Waals surface area contributed by atoms with E-state index in [-0.39, 0.29) is 6.79 Å². The molecule has 5 atom stereocenters. The van der Waals surface area contributed by atoms with E-state index in [4.69, 9.17) is 24.1 Å². The van der Waals surface area contributed by atoms with Crippen LogP contribution in [0.15, 0.2) is 18.2 Å². The zero-order valence-corrected chi connectivity index (χ0v) is 13.8. The number of rotatable bonds is 7. The minimum absolute atomic E-state index is 0.256. The Morgan fingerprint density at radius 2 is 1.80 bits per heavy atom. The standard InChI is InChI=1S/C17H24O8/c18-8-13-14(19)15(20)16(21)17(25-13)22-6-2-1-3-10-4-5-11-12(7-10)24-9-23-11/h4-5,7,13-21H,1-3,6,8-9H2. The van der Waals surface area contributed by atoms with Crippen LogP contribution in [0.25, 0.3) is 0 Å². The van der Waals surface area contributed by atoms with Gasteiger partial charge in [0.15, 0.2) is 17.8 Å². The van der Waals surface area contributed by atoms with E-state index in [2.05, 4.69) is 0 Å². The first-order chi connectivity index (χ1) is 12.1. The van der Waals surface area contributed by atoms with Crippen molar-refractivity contribution < 1.29 is 39.4 Å². The Balaban J connectivity index is 1.39. The number of unbranched alkanes of at least 4 members (excludes halogenated alkanes) is 1. The fourth-order valence-electron chi connectivity index (χ4n) is 2.93. The average Bonchev–Trinajstić information content (AvgIpc) is 3.09. The molecule has 2 aliphatic rings. The summed E-state index contributed by atoms with van der Waals surface area (Å²) in [6.07, 6.45) is -3.73. The van der Waals surface area contributed by atoms with Gasteiger partial charge in [0.25, 0.3) is 0 Å². The van der Waals surface area contributed by atoms with Crippen molar-refractivity contribution in [2.24, 2.45) is 0 Å². The molecule has 1 aromatic rings. The van der Waals surface area contributed by atoms with Crippen molar-refractivity contribution >= 4 is 0 Å². The Morgan fingerprint density at radius 1 is 1.00 bits per heavy atom. The molecule has 0 saturated carbocycles. The van der Waals surface area contributed by atoms with Gasteiger partial charge in [0.1, 0.15) is 24.4 Å². The van der Waals surface area contributed by atoms with Crippen molar-refractivity contribution in [1.29, 1.82) is 0 Å². The Kier molecular flexibility index (Phi) is 6.10. The highest BCUT2D eigenvalue weighted by Gasteiger charge is 2.43. The Labute approximate surface area is 145 Å². The molecular formula is C17H24O8. The van der Waals surface area contributed by atoms with Gasteiger partial charge in [-0.2, -0.15) is 0 Å². The van der Waals surface area contributed by atoms with Crippen LogP contribution >= 0.6 is 0 Å².